The molecule has 0 aromatic heterocycles. The van der Waals surface area contributed by atoms with Gasteiger partial charge < -0.3 is 9.47 Å². The van der Waals surface area contributed by atoms with Crippen LogP contribution in [0.1, 0.15) is 11.1 Å². The van der Waals surface area contributed by atoms with Crippen LogP contribution in [0.25, 0.3) is 6.08 Å². The molecule has 0 bridgehead atoms. The van der Waals surface area contributed by atoms with E-state index in [1.54, 1.807) is 43.5 Å². The molecular weight excluding hydrogens is 434 g/mol. The number of imide groups is 1. The highest BCUT2D eigenvalue weighted by atomic mass is 79.9. The molecule has 1 fully saturated rings. The van der Waals surface area contributed by atoms with Crippen LogP contribution < -0.4 is 14.8 Å². The van der Waals surface area contributed by atoms with E-state index in [-0.39, 0.29) is 6.42 Å². The van der Waals surface area contributed by atoms with E-state index in [0.29, 0.717) is 26.4 Å². The molecule has 27 heavy (non-hydrogen) atoms. The maximum absolute atomic E-state index is 12.2. The topological polar surface area (TPSA) is 81.7 Å². The van der Waals surface area contributed by atoms with Gasteiger partial charge in [-0.25, -0.2) is 0 Å². The molecule has 2 aromatic rings. The first-order chi connectivity index (χ1) is 13.0. The van der Waals surface area contributed by atoms with Crippen LogP contribution in [0.4, 0.5) is 4.79 Å². The Bertz CT molecular complexity index is 957. The number of esters is 1. The van der Waals surface area contributed by atoms with Crippen molar-refractivity contribution in [3.8, 4) is 11.5 Å². The second-order valence-corrected chi connectivity index (χ2v) is 7.37. The molecule has 8 heteroatoms. The van der Waals surface area contributed by atoms with Crippen LogP contribution in [-0.4, -0.2) is 24.2 Å². The van der Waals surface area contributed by atoms with Crippen molar-refractivity contribution in [1.82, 2.24) is 5.32 Å². The first-order valence-corrected chi connectivity index (χ1v) is 9.44. The molecule has 0 spiro atoms. The predicted octanol–water partition coefficient (Wildman–Crippen LogP) is 3.93. The van der Waals surface area contributed by atoms with Gasteiger partial charge in [0.15, 0.2) is 0 Å². The summed E-state index contributed by atoms with van der Waals surface area (Å²) in [6.07, 6.45) is 1.66. The van der Waals surface area contributed by atoms with Gasteiger partial charge in [0.05, 0.1) is 22.9 Å². The Morgan fingerprint density at radius 3 is 2.63 bits per heavy atom. The van der Waals surface area contributed by atoms with Gasteiger partial charge in [-0.15, -0.1) is 0 Å². The van der Waals surface area contributed by atoms with E-state index >= 15 is 0 Å². The molecule has 1 heterocycles. The van der Waals surface area contributed by atoms with E-state index in [9.17, 15) is 14.4 Å². The molecule has 0 radical (unpaired) electrons. The molecule has 0 aliphatic carbocycles. The fraction of sp³-hybridized carbons (Fsp3) is 0.105. The van der Waals surface area contributed by atoms with Crippen molar-refractivity contribution in [3.05, 3.63) is 63.0 Å². The van der Waals surface area contributed by atoms with E-state index in [2.05, 4.69) is 21.2 Å². The molecule has 0 saturated carbocycles. The van der Waals surface area contributed by atoms with Crippen molar-refractivity contribution in [1.29, 1.82) is 0 Å². The van der Waals surface area contributed by atoms with Gasteiger partial charge in [0, 0.05) is 5.56 Å². The summed E-state index contributed by atoms with van der Waals surface area (Å²) >= 11 is 4.20. The number of thioether (sulfide) groups is 1. The van der Waals surface area contributed by atoms with Crippen molar-refractivity contribution in [3.63, 3.8) is 0 Å². The second-order valence-electron chi connectivity index (χ2n) is 5.50. The van der Waals surface area contributed by atoms with Gasteiger partial charge in [-0.1, -0.05) is 24.3 Å². The quantitative estimate of drug-likeness (QED) is 0.424. The number of halogens is 1. The van der Waals surface area contributed by atoms with Crippen LogP contribution in [0.2, 0.25) is 0 Å². The van der Waals surface area contributed by atoms with Crippen LogP contribution in [0.15, 0.2) is 51.8 Å². The minimum absolute atomic E-state index is 0.0706. The van der Waals surface area contributed by atoms with E-state index in [1.807, 2.05) is 12.1 Å². The molecule has 138 valence electrons. The maximum atomic E-state index is 12.2. The number of nitrogens with one attached hydrogen (secondary N) is 1. The molecule has 6 nitrogen and oxygen atoms in total. The summed E-state index contributed by atoms with van der Waals surface area (Å²) in [5, 5.41) is 1.80. The van der Waals surface area contributed by atoms with Crippen molar-refractivity contribution in [2.45, 2.75) is 6.42 Å². The van der Waals surface area contributed by atoms with Crippen LogP contribution in [-0.2, 0) is 16.0 Å². The van der Waals surface area contributed by atoms with Gasteiger partial charge >= 0.3 is 5.97 Å². The average Bonchev–Trinajstić information content (AvgIpc) is 2.95. The van der Waals surface area contributed by atoms with E-state index in [0.717, 1.165) is 17.3 Å². The van der Waals surface area contributed by atoms with Gasteiger partial charge in [0.1, 0.15) is 11.5 Å². The van der Waals surface area contributed by atoms with Crippen LogP contribution >= 0.6 is 27.7 Å². The molecule has 0 unspecified atom stereocenters. The number of carbonyl (C=O) groups excluding carboxylic acids is 3. The Kier molecular flexibility index (Phi) is 5.98. The Hall–Kier alpha value is -2.58. The molecule has 0 atom stereocenters. The summed E-state index contributed by atoms with van der Waals surface area (Å²) in [5.74, 6) is 0.130. The maximum Gasteiger partial charge on any atom is 0.315 e. The number of methoxy groups -OCH3 is 1. The fourth-order valence-corrected chi connectivity index (χ4v) is 3.58. The number of amides is 2. The summed E-state index contributed by atoms with van der Waals surface area (Å²) in [6.45, 7) is 0. The van der Waals surface area contributed by atoms with Gasteiger partial charge in [0.25, 0.3) is 11.1 Å². The Balaban J connectivity index is 1.71. The second kappa shape index (κ2) is 8.41. The van der Waals surface area contributed by atoms with E-state index in [4.69, 9.17) is 9.47 Å². The SMILES string of the molecule is COc1ccccc1CC(=O)Oc1ccc(C=C2SC(=O)NC2=O)cc1Br. The summed E-state index contributed by atoms with van der Waals surface area (Å²) < 4.78 is 11.2. The average molecular weight is 448 g/mol. The van der Waals surface area contributed by atoms with E-state index < -0.39 is 17.1 Å². The van der Waals surface area contributed by atoms with Gasteiger partial charge in [-0.05, 0) is 57.5 Å². The van der Waals surface area contributed by atoms with E-state index in [1.165, 1.54) is 0 Å². The summed E-state index contributed by atoms with van der Waals surface area (Å²) in [6, 6.07) is 12.3. The highest BCUT2D eigenvalue weighted by molar-refractivity contribution is 9.10. The van der Waals surface area contributed by atoms with Crippen molar-refractivity contribution >= 4 is 50.9 Å². The first-order valence-electron chi connectivity index (χ1n) is 7.83. The lowest BCUT2D eigenvalue weighted by Crippen LogP contribution is -2.17. The minimum atomic E-state index is -0.428. The lowest BCUT2D eigenvalue weighted by atomic mass is 10.1. The number of para-hydroxylation sites is 1. The van der Waals surface area contributed by atoms with Crippen LogP contribution in [0.3, 0.4) is 0 Å². The van der Waals surface area contributed by atoms with Gasteiger partial charge in [-0.3, -0.25) is 19.7 Å². The zero-order chi connectivity index (χ0) is 19.4. The molecule has 3 rings (SSSR count). The third-order valence-corrected chi connectivity index (χ3v) is 5.08. The number of ether oxygens (including phenoxy) is 2. The molecule has 1 N–H and O–H groups in total. The monoisotopic (exact) mass is 447 g/mol. The highest BCUT2D eigenvalue weighted by Crippen LogP contribution is 2.30. The number of carbonyl (C=O) groups is 3. The fourth-order valence-electron chi connectivity index (χ4n) is 2.43. The zero-order valence-corrected chi connectivity index (χ0v) is 16.6. The number of hydrogen-bond donors (Lipinski definition) is 1. The molecule has 1 saturated heterocycles. The van der Waals surface area contributed by atoms with Crippen LogP contribution in [0.5, 0.6) is 11.5 Å². The number of rotatable bonds is 5. The lowest BCUT2D eigenvalue weighted by Gasteiger charge is -2.09. The first kappa shape index (κ1) is 19.2. The van der Waals surface area contributed by atoms with Gasteiger partial charge in [0.2, 0.25) is 0 Å². The number of benzene rings is 2. The molecule has 1 aliphatic heterocycles. The third-order valence-electron chi connectivity index (χ3n) is 3.65. The molecular formula is C19H14BrNO5S. The minimum Gasteiger partial charge on any atom is -0.496 e. The largest absolute Gasteiger partial charge is 0.496 e. The smallest absolute Gasteiger partial charge is 0.315 e. The summed E-state index contributed by atoms with van der Waals surface area (Å²) in [7, 11) is 1.55. The van der Waals surface area contributed by atoms with Crippen molar-refractivity contribution in [2.24, 2.45) is 0 Å². The third kappa shape index (κ3) is 4.78. The predicted molar refractivity (Wildman–Crippen MR) is 106 cm³/mol. The Labute approximate surface area is 168 Å². The Morgan fingerprint density at radius 1 is 1.19 bits per heavy atom. The Morgan fingerprint density at radius 2 is 1.96 bits per heavy atom. The standard InChI is InChI=1S/C19H14BrNO5S/c1-25-14-5-3-2-4-12(14)10-17(22)26-15-7-6-11(8-13(15)20)9-16-18(23)21-19(24)27-16/h2-9H,10H2,1H3,(H,21,23,24). The number of hydrogen-bond acceptors (Lipinski definition) is 6. The molecule has 1 aliphatic rings. The van der Waals surface area contributed by atoms with Crippen molar-refractivity contribution in [2.75, 3.05) is 7.11 Å². The summed E-state index contributed by atoms with van der Waals surface area (Å²) in [4.78, 5) is 35.4. The molecule has 2 amide bonds. The van der Waals surface area contributed by atoms with Gasteiger partial charge in [-0.2, -0.15) is 0 Å². The lowest BCUT2D eigenvalue weighted by molar-refractivity contribution is -0.133. The highest BCUT2D eigenvalue weighted by Gasteiger charge is 2.25. The zero-order valence-electron chi connectivity index (χ0n) is 14.2. The van der Waals surface area contributed by atoms with Crippen LogP contribution in [0, 0.1) is 0 Å². The normalized spacial score (nSPS) is 15.0. The summed E-state index contributed by atoms with van der Waals surface area (Å²) in [5.41, 5.74) is 1.43. The van der Waals surface area contributed by atoms with Crippen molar-refractivity contribution < 1.29 is 23.9 Å². The molecule has 2 aromatic carbocycles.